The summed E-state index contributed by atoms with van der Waals surface area (Å²) in [6, 6.07) is 32.7. The molecule has 0 aromatic heterocycles. The zero-order valence-electron chi connectivity index (χ0n) is 18.8. The molecule has 0 radical (unpaired) electrons. The highest BCUT2D eigenvalue weighted by atomic mass is 15.1. The van der Waals surface area contributed by atoms with E-state index in [1.807, 2.05) is 0 Å². The average molecular weight is 404 g/mol. The second kappa shape index (κ2) is 9.06. The Balaban J connectivity index is 1.65. The maximum Gasteiger partial charge on any atom is 0.0462 e. The lowest BCUT2D eigenvalue weighted by atomic mass is 10.0. The number of aryl methyl sites for hydroxylation is 4. The molecule has 0 N–H and O–H groups in total. The Morgan fingerprint density at radius 2 is 0.935 bits per heavy atom. The third kappa shape index (κ3) is 4.95. The Bertz CT molecular complexity index is 1140. The molecule has 0 saturated heterocycles. The minimum absolute atomic E-state index is 1.15. The van der Waals surface area contributed by atoms with Crippen LogP contribution in [0, 0.1) is 27.7 Å². The minimum Gasteiger partial charge on any atom is -0.311 e. The van der Waals surface area contributed by atoms with Crippen molar-refractivity contribution in [1.29, 1.82) is 0 Å². The van der Waals surface area contributed by atoms with E-state index in [-0.39, 0.29) is 0 Å². The van der Waals surface area contributed by atoms with Gasteiger partial charge in [-0.3, -0.25) is 0 Å². The van der Waals surface area contributed by atoms with E-state index in [0.29, 0.717) is 0 Å². The van der Waals surface area contributed by atoms with Crippen molar-refractivity contribution in [3.8, 4) is 0 Å². The van der Waals surface area contributed by atoms with Crippen LogP contribution in [0.4, 0.5) is 17.1 Å². The Labute approximate surface area is 186 Å². The van der Waals surface area contributed by atoms with Gasteiger partial charge in [-0.2, -0.15) is 0 Å². The molecule has 0 atom stereocenters. The molecule has 0 unspecified atom stereocenters. The molecule has 0 aliphatic heterocycles. The van der Waals surface area contributed by atoms with Crippen LogP contribution in [0.3, 0.4) is 0 Å². The van der Waals surface area contributed by atoms with Crippen molar-refractivity contribution in [3.05, 3.63) is 124 Å². The number of rotatable bonds is 5. The van der Waals surface area contributed by atoms with Crippen molar-refractivity contribution in [1.82, 2.24) is 0 Å². The second-order valence-electron chi connectivity index (χ2n) is 8.29. The number of hydrogen-bond donors (Lipinski definition) is 0. The van der Waals surface area contributed by atoms with Crippen LogP contribution in [0.1, 0.15) is 33.4 Å². The summed E-state index contributed by atoms with van der Waals surface area (Å²) in [6.45, 7) is 8.54. The largest absolute Gasteiger partial charge is 0.311 e. The van der Waals surface area contributed by atoms with E-state index >= 15 is 0 Å². The molecule has 4 aromatic rings. The Hall–Kier alpha value is -3.58. The van der Waals surface area contributed by atoms with E-state index in [4.69, 9.17) is 0 Å². The second-order valence-corrected chi connectivity index (χ2v) is 8.29. The molecule has 31 heavy (non-hydrogen) atoms. The predicted octanol–water partition coefficient (Wildman–Crippen LogP) is 8.56. The van der Waals surface area contributed by atoms with E-state index in [9.17, 15) is 0 Å². The summed E-state index contributed by atoms with van der Waals surface area (Å²) < 4.78 is 0. The van der Waals surface area contributed by atoms with Crippen LogP contribution < -0.4 is 4.90 Å². The quantitative estimate of drug-likeness (QED) is 0.302. The maximum atomic E-state index is 2.30. The molecule has 0 bridgehead atoms. The molecule has 0 heterocycles. The van der Waals surface area contributed by atoms with E-state index in [2.05, 4.69) is 136 Å². The number of hydrogen-bond acceptors (Lipinski definition) is 1. The van der Waals surface area contributed by atoms with Crippen molar-refractivity contribution in [3.63, 3.8) is 0 Å². The number of benzene rings is 4. The Kier molecular flexibility index (Phi) is 6.04. The summed E-state index contributed by atoms with van der Waals surface area (Å²) in [6.07, 6.45) is 4.38. The topological polar surface area (TPSA) is 3.24 Å². The lowest BCUT2D eigenvalue weighted by molar-refractivity contribution is 1.27. The van der Waals surface area contributed by atoms with Gasteiger partial charge in [0.15, 0.2) is 0 Å². The fourth-order valence-corrected chi connectivity index (χ4v) is 3.77. The van der Waals surface area contributed by atoms with E-state index in [0.717, 1.165) is 17.1 Å². The summed E-state index contributed by atoms with van der Waals surface area (Å²) in [5.41, 5.74) is 11.0. The summed E-state index contributed by atoms with van der Waals surface area (Å²) in [4.78, 5) is 2.30. The lowest BCUT2D eigenvalue weighted by Gasteiger charge is -2.25. The standard InChI is InChI=1S/C30H29N/c1-22-6-15-28(16-7-22)31(29-17-8-23(2)9-18-29)30-19-11-26(12-20-30)10-14-27-13-5-24(3)21-25(27)4/h5-21H,1-4H3. The first-order chi connectivity index (χ1) is 15.0. The first kappa shape index (κ1) is 20.7. The molecule has 4 rings (SSSR count). The molecule has 0 spiro atoms. The maximum absolute atomic E-state index is 2.30. The van der Waals surface area contributed by atoms with Gasteiger partial charge in [0.1, 0.15) is 0 Å². The highest BCUT2D eigenvalue weighted by molar-refractivity contribution is 5.78. The van der Waals surface area contributed by atoms with Crippen LogP contribution in [0.5, 0.6) is 0 Å². The fourth-order valence-electron chi connectivity index (χ4n) is 3.77. The SMILES string of the molecule is Cc1ccc(N(c2ccc(C)cc2)c2ccc(C=Cc3ccc(C)cc3C)cc2)cc1. The smallest absolute Gasteiger partial charge is 0.0462 e. The predicted molar refractivity (Wildman–Crippen MR) is 135 cm³/mol. The van der Waals surface area contributed by atoms with Gasteiger partial charge in [0.25, 0.3) is 0 Å². The lowest BCUT2D eigenvalue weighted by Crippen LogP contribution is -2.09. The molecular weight excluding hydrogens is 374 g/mol. The molecule has 0 amide bonds. The fraction of sp³-hybridized carbons (Fsp3) is 0.133. The molecule has 1 nitrogen and oxygen atoms in total. The van der Waals surface area contributed by atoms with E-state index in [1.165, 1.54) is 33.4 Å². The monoisotopic (exact) mass is 403 g/mol. The first-order valence-corrected chi connectivity index (χ1v) is 10.8. The number of anilines is 3. The van der Waals surface area contributed by atoms with E-state index in [1.54, 1.807) is 0 Å². The molecule has 0 fully saturated rings. The van der Waals surface area contributed by atoms with Gasteiger partial charge in [-0.25, -0.2) is 0 Å². The molecule has 154 valence electrons. The van der Waals surface area contributed by atoms with Crippen molar-refractivity contribution in [2.75, 3.05) is 4.90 Å². The van der Waals surface area contributed by atoms with Crippen molar-refractivity contribution >= 4 is 29.2 Å². The Morgan fingerprint density at radius 1 is 0.484 bits per heavy atom. The van der Waals surface area contributed by atoms with Crippen LogP contribution >= 0.6 is 0 Å². The van der Waals surface area contributed by atoms with E-state index < -0.39 is 0 Å². The van der Waals surface area contributed by atoms with Crippen LogP contribution in [0.25, 0.3) is 12.2 Å². The van der Waals surface area contributed by atoms with Gasteiger partial charge in [0, 0.05) is 17.1 Å². The highest BCUT2D eigenvalue weighted by Gasteiger charge is 2.12. The minimum atomic E-state index is 1.15. The molecule has 0 aliphatic carbocycles. The third-order valence-electron chi connectivity index (χ3n) is 5.62. The van der Waals surface area contributed by atoms with Crippen molar-refractivity contribution in [2.45, 2.75) is 27.7 Å². The van der Waals surface area contributed by atoms with Crippen LogP contribution in [-0.4, -0.2) is 0 Å². The first-order valence-electron chi connectivity index (χ1n) is 10.8. The zero-order chi connectivity index (χ0) is 21.8. The summed E-state index contributed by atoms with van der Waals surface area (Å²) in [5, 5.41) is 0. The van der Waals surface area contributed by atoms with Crippen LogP contribution in [0.2, 0.25) is 0 Å². The van der Waals surface area contributed by atoms with Crippen LogP contribution in [-0.2, 0) is 0 Å². The molecular formula is C30H29N. The van der Waals surface area contributed by atoms with Gasteiger partial charge in [-0.05, 0) is 80.8 Å². The average Bonchev–Trinajstić information content (AvgIpc) is 2.77. The van der Waals surface area contributed by atoms with Crippen LogP contribution in [0.15, 0.2) is 91.0 Å². The third-order valence-corrected chi connectivity index (χ3v) is 5.62. The highest BCUT2D eigenvalue weighted by Crippen LogP contribution is 2.34. The van der Waals surface area contributed by atoms with Gasteiger partial charge in [-0.1, -0.05) is 83.4 Å². The van der Waals surface area contributed by atoms with Gasteiger partial charge < -0.3 is 4.90 Å². The summed E-state index contributed by atoms with van der Waals surface area (Å²) >= 11 is 0. The van der Waals surface area contributed by atoms with Crippen molar-refractivity contribution in [2.24, 2.45) is 0 Å². The number of nitrogens with zero attached hydrogens (tertiary/aromatic N) is 1. The van der Waals surface area contributed by atoms with Gasteiger partial charge in [-0.15, -0.1) is 0 Å². The van der Waals surface area contributed by atoms with Gasteiger partial charge >= 0.3 is 0 Å². The zero-order valence-corrected chi connectivity index (χ0v) is 18.8. The molecule has 0 aliphatic rings. The molecule has 4 aromatic carbocycles. The van der Waals surface area contributed by atoms with Crippen molar-refractivity contribution < 1.29 is 0 Å². The normalized spacial score (nSPS) is 11.1. The summed E-state index contributed by atoms with van der Waals surface area (Å²) in [5.74, 6) is 0. The summed E-state index contributed by atoms with van der Waals surface area (Å²) in [7, 11) is 0. The van der Waals surface area contributed by atoms with Gasteiger partial charge in [0.05, 0.1) is 0 Å². The molecule has 1 heteroatoms. The Morgan fingerprint density at radius 3 is 1.42 bits per heavy atom. The molecule has 0 saturated carbocycles. The van der Waals surface area contributed by atoms with Gasteiger partial charge in [0.2, 0.25) is 0 Å².